The Morgan fingerprint density at radius 3 is 2.30 bits per heavy atom. The van der Waals surface area contributed by atoms with Gasteiger partial charge in [0.25, 0.3) is 5.91 Å². The van der Waals surface area contributed by atoms with E-state index in [2.05, 4.69) is 16.2 Å². The molecule has 0 aliphatic heterocycles. The summed E-state index contributed by atoms with van der Waals surface area (Å²) in [5.41, 5.74) is 6.64. The van der Waals surface area contributed by atoms with Crippen molar-refractivity contribution in [1.82, 2.24) is 16.2 Å². The van der Waals surface area contributed by atoms with Gasteiger partial charge in [-0.1, -0.05) is 30.3 Å². The second-order valence-corrected chi connectivity index (χ2v) is 5.67. The molecule has 0 heterocycles. The van der Waals surface area contributed by atoms with Crippen molar-refractivity contribution in [1.29, 1.82) is 0 Å². The molecule has 7 nitrogen and oxygen atoms in total. The average Bonchev–Trinajstić information content (AvgIpc) is 2.70. The van der Waals surface area contributed by atoms with Crippen LogP contribution in [0.1, 0.15) is 12.5 Å². The Hall–Kier alpha value is -3.48. The largest absolute Gasteiger partial charge is 0.497 e. The Kier molecular flexibility index (Phi) is 7.71. The predicted molar refractivity (Wildman–Crippen MR) is 102 cm³/mol. The Labute approximate surface area is 158 Å². The van der Waals surface area contributed by atoms with Crippen LogP contribution in [0, 0.1) is 0 Å². The molecule has 0 radical (unpaired) electrons. The van der Waals surface area contributed by atoms with Gasteiger partial charge in [-0.05, 0) is 36.8 Å². The molecule has 0 aliphatic carbocycles. The molecule has 2 aromatic carbocycles. The fraction of sp³-hybridized carbons (Fsp3) is 0.200. The molecule has 0 atom stereocenters. The molecule has 27 heavy (non-hydrogen) atoms. The second kappa shape index (κ2) is 10.5. The summed E-state index contributed by atoms with van der Waals surface area (Å²) >= 11 is 0. The number of hydrogen-bond acceptors (Lipinski definition) is 5. The molecular weight excluding hydrogens is 346 g/mol. The third kappa shape index (κ3) is 7.52. The molecule has 0 unspecified atom stereocenters. The number of rotatable bonds is 9. The molecule has 2 aromatic rings. The number of allylic oxidation sites excluding steroid dienone is 1. The Morgan fingerprint density at radius 1 is 0.963 bits per heavy atom. The summed E-state index contributed by atoms with van der Waals surface area (Å²) in [6.07, 6.45) is 1.37. The number of hydrogen-bond donors (Lipinski definition) is 3. The van der Waals surface area contributed by atoms with Gasteiger partial charge in [-0.2, -0.15) is 0 Å². The van der Waals surface area contributed by atoms with Gasteiger partial charge in [-0.15, -0.1) is 0 Å². The topological polar surface area (TPSA) is 88.7 Å². The van der Waals surface area contributed by atoms with Crippen molar-refractivity contribution in [2.75, 3.05) is 13.7 Å². The Morgan fingerprint density at radius 2 is 1.63 bits per heavy atom. The van der Waals surface area contributed by atoms with Gasteiger partial charge in [-0.3, -0.25) is 15.0 Å². The highest BCUT2D eigenvalue weighted by molar-refractivity contribution is 5.88. The van der Waals surface area contributed by atoms with Crippen molar-refractivity contribution in [3.8, 4) is 11.5 Å². The van der Waals surface area contributed by atoms with Gasteiger partial charge in [-0.25, -0.2) is 0 Å². The van der Waals surface area contributed by atoms with E-state index in [1.165, 1.54) is 6.08 Å². The van der Waals surface area contributed by atoms with Crippen molar-refractivity contribution in [2.24, 2.45) is 0 Å². The van der Waals surface area contributed by atoms with Crippen LogP contribution in [0.15, 0.2) is 66.4 Å². The highest BCUT2D eigenvalue weighted by Gasteiger charge is 2.04. The van der Waals surface area contributed by atoms with Gasteiger partial charge in [0.15, 0.2) is 6.61 Å². The number of benzene rings is 2. The number of amides is 2. The van der Waals surface area contributed by atoms with E-state index in [4.69, 9.17) is 9.47 Å². The van der Waals surface area contributed by atoms with Crippen LogP contribution in [-0.2, 0) is 16.1 Å². The van der Waals surface area contributed by atoms with Crippen molar-refractivity contribution in [2.45, 2.75) is 13.5 Å². The van der Waals surface area contributed by atoms with Crippen molar-refractivity contribution < 1.29 is 19.1 Å². The van der Waals surface area contributed by atoms with Gasteiger partial charge in [0.1, 0.15) is 11.5 Å². The summed E-state index contributed by atoms with van der Waals surface area (Å²) in [6.45, 7) is 1.95. The lowest BCUT2D eigenvalue weighted by Gasteiger charge is -2.10. The molecular formula is C20H23N3O4. The minimum Gasteiger partial charge on any atom is -0.497 e. The second-order valence-electron chi connectivity index (χ2n) is 5.67. The van der Waals surface area contributed by atoms with Crippen LogP contribution >= 0.6 is 0 Å². The van der Waals surface area contributed by atoms with E-state index in [1.54, 1.807) is 38.3 Å². The fourth-order valence-electron chi connectivity index (χ4n) is 2.09. The molecule has 2 rings (SSSR count). The number of carbonyl (C=O) groups excluding carboxylic acids is 2. The molecule has 142 valence electrons. The molecule has 0 saturated heterocycles. The molecule has 0 aromatic heterocycles. The zero-order valence-corrected chi connectivity index (χ0v) is 15.3. The van der Waals surface area contributed by atoms with E-state index in [-0.39, 0.29) is 18.4 Å². The third-order valence-corrected chi connectivity index (χ3v) is 3.49. The maximum absolute atomic E-state index is 11.9. The molecule has 0 saturated carbocycles. The van der Waals surface area contributed by atoms with E-state index in [0.29, 0.717) is 23.7 Å². The monoisotopic (exact) mass is 369 g/mol. The van der Waals surface area contributed by atoms with Crippen LogP contribution in [0.5, 0.6) is 11.5 Å². The molecule has 0 bridgehead atoms. The van der Waals surface area contributed by atoms with Crippen LogP contribution < -0.4 is 25.6 Å². The quantitative estimate of drug-likeness (QED) is 0.464. The summed E-state index contributed by atoms with van der Waals surface area (Å²) in [5, 5.41) is 2.77. The van der Waals surface area contributed by atoms with E-state index in [0.717, 1.165) is 5.56 Å². The average molecular weight is 369 g/mol. The lowest BCUT2D eigenvalue weighted by Crippen LogP contribution is -2.39. The van der Waals surface area contributed by atoms with Crippen molar-refractivity contribution >= 4 is 11.8 Å². The maximum atomic E-state index is 11.9. The van der Waals surface area contributed by atoms with Crippen LogP contribution in [0.4, 0.5) is 0 Å². The number of carbonyl (C=O) groups is 2. The van der Waals surface area contributed by atoms with E-state index < -0.39 is 0 Å². The molecule has 7 heteroatoms. The summed E-state index contributed by atoms with van der Waals surface area (Å²) in [7, 11) is 1.58. The first-order valence-corrected chi connectivity index (χ1v) is 8.38. The number of nitrogens with one attached hydrogen (secondary N) is 3. The highest BCUT2D eigenvalue weighted by Crippen LogP contribution is 2.16. The van der Waals surface area contributed by atoms with Gasteiger partial charge < -0.3 is 20.2 Å². The standard InChI is InChI=1S/C20H23N3O4/c1-15(12-19(24)21-13-16-6-4-3-5-7-16)22-23-20(25)14-27-18-10-8-17(26-2)9-11-18/h3-12,22H,13-14H2,1-2H3,(H,21,24)(H,23,25). The molecule has 2 amide bonds. The van der Waals surface area contributed by atoms with Gasteiger partial charge >= 0.3 is 0 Å². The van der Waals surface area contributed by atoms with Gasteiger partial charge in [0.05, 0.1) is 7.11 Å². The zero-order chi connectivity index (χ0) is 19.5. The SMILES string of the molecule is COc1ccc(OCC(=O)NNC(C)=CC(=O)NCc2ccccc2)cc1. The highest BCUT2D eigenvalue weighted by atomic mass is 16.5. The van der Waals surface area contributed by atoms with Crippen LogP contribution in [-0.4, -0.2) is 25.5 Å². The molecule has 3 N–H and O–H groups in total. The summed E-state index contributed by atoms with van der Waals surface area (Å²) < 4.78 is 10.4. The van der Waals surface area contributed by atoms with E-state index in [9.17, 15) is 9.59 Å². The number of ether oxygens (including phenoxy) is 2. The van der Waals surface area contributed by atoms with Crippen LogP contribution in [0.25, 0.3) is 0 Å². The fourth-order valence-corrected chi connectivity index (χ4v) is 2.09. The lowest BCUT2D eigenvalue weighted by molar-refractivity contribution is -0.124. The first kappa shape index (κ1) is 19.8. The van der Waals surface area contributed by atoms with E-state index in [1.807, 2.05) is 30.3 Å². The molecule has 0 fully saturated rings. The zero-order valence-electron chi connectivity index (χ0n) is 15.3. The normalized spacial score (nSPS) is 10.7. The van der Waals surface area contributed by atoms with Gasteiger partial charge in [0, 0.05) is 18.3 Å². The number of methoxy groups -OCH3 is 1. The van der Waals surface area contributed by atoms with Crippen LogP contribution in [0.2, 0.25) is 0 Å². The third-order valence-electron chi connectivity index (χ3n) is 3.49. The summed E-state index contributed by atoms with van der Waals surface area (Å²) in [4.78, 5) is 23.6. The van der Waals surface area contributed by atoms with Crippen molar-refractivity contribution in [3.63, 3.8) is 0 Å². The maximum Gasteiger partial charge on any atom is 0.276 e. The first-order chi connectivity index (χ1) is 13.1. The minimum atomic E-state index is -0.372. The number of hydrazine groups is 1. The van der Waals surface area contributed by atoms with Gasteiger partial charge in [0.2, 0.25) is 5.91 Å². The van der Waals surface area contributed by atoms with Crippen LogP contribution in [0.3, 0.4) is 0 Å². The molecule has 0 spiro atoms. The first-order valence-electron chi connectivity index (χ1n) is 8.38. The lowest BCUT2D eigenvalue weighted by atomic mass is 10.2. The summed E-state index contributed by atoms with van der Waals surface area (Å²) in [5.74, 6) is 0.633. The smallest absolute Gasteiger partial charge is 0.276 e. The Balaban J connectivity index is 1.68. The summed E-state index contributed by atoms with van der Waals surface area (Å²) in [6, 6.07) is 16.5. The molecule has 0 aliphatic rings. The minimum absolute atomic E-state index is 0.160. The van der Waals surface area contributed by atoms with E-state index >= 15 is 0 Å². The predicted octanol–water partition coefficient (Wildman–Crippen LogP) is 1.91. The van der Waals surface area contributed by atoms with Crippen molar-refractivity contribution in [3.05, 3.63) is 71.9 Å². The Bertz CT molecular complexity index is 774.